The summed E-state index contributed by atoms with van der Waals surface area (Å²) in [6, 6.07) is 12.4. The van der Waals surface area contributed by atoms with Crippen LogP contribution in [0.5, 0.6) is 0 Å². The summed E-state index contributed by atoms with van der Waals surface area (Å²) < 4.78 is 0. The van der Waals surface area contributed by atoms with Gasteiger partial charge in [0, 0.05) is 6.04 Å². The zero-order chi connectivity index (χ0) is 15.6. The van der Waals surface area contributed by atoms with Gasteiger partial charge in [-0.2, -0.15) is 0 Å². The molecule has 2 heteroatoms. The molecule has 1 aliphatic heterocycles. The van der Waals surface area contributed by atoms with Crippen LogP contribution in [0.15, 0.2) is 36.4 Å². The Bertz CT molecular complexity index is 216. The molecule has 0 aliphatic carbocycles. The minimum Gasteiger partial charge on any atom is -0.392 e. The predicted octanol–water partition coefficient (Wildman–Crippen LogP) is 4.64. The van der Waals surface area contributed by atoms with Crippen molar-refractivity contribution in [3.05, 3.63) is 36.4 Å². The summed E-state index contributed by atoms with van der Waals surface area (Å²) in [5, 5.41) is 12.4. The molecule has 1 aromatic carbocycles. The van der Waals surface area contributed by atoms with E-state index in [-0.39, 0.29) is 6.10 Å². The summed E-state index contributed by atoms with van der Waals surface area (Å²) in [5.74, 6) is 0. The highest BCUT2D eigenvalue weighted by Crippen LogP contribution is 2.09. The predicted molar refractivity (Wildman–Crippen MR) is 91.1 cm³/mol. The van der Waals surface area contributed by atoms with E-state index < -0.39 is 0 Å². The molecule has 118 valence electrons. The van der Waals surface area contributed by atoms with Crippen molar-refractivity contribution in [3.63, 3.8) is 0 Å². The average molecular weight is 281 g/mol. The molecule has 0 bridgehead atoms. The normalized spacial score (nSPS) is 18.0. The van der Waals surface area contributed by atoms with Gasteiger partial charge >= 0.3 is 0 Å². The number of nitrogens with one attached hydrogen (secondary N) is 1. The van der Waals surface area contributed by atoms with E-state index in [2.05, 4.69) is 19.2 Å². The minimum absolute atomic E-state index is 0.176. The molecule has 1 aromatic rings. The van der Waals surface area contributed by atoms with Crippen molar-refractivity contribution in [2.75, 3.05) is 6.54 Å². The monoisotopic (exact) mass is 281 g/mol. The lowest BCUT2D eigenvalue weighted by Gasteiger charge is -2.25. The van der Waals surface area contributed by atoms with E-state index >= 15 is 0 Å². The lowest BCUT2D eigenvalue weighted by atomic mass is 10.0. The SMILES string of the molecule is CC.CC(O)C1CCCCN1.CCC.c1ccccc1. The third-order valence-electron chi connectivity index (χ3n) is 2.60. The van der Waals surface area contributed by atoms with Crippen LogP contribution >= 0.6 is 0 Å². The summed E-state index contributed by atoms with van der Waals surface area (Å²) in [6.45, 7) is 11.2. The Balaban J connectivity index is 0. The van der Waals surface area contributed by atoms with Crippen LogP contribution in [0.4, 0.5) is 0 Å². The molecular formula is C18H35NO. The molecule has 2 rings (SSSR count). The number of piperidine rings is 1. The third kappa shape index (κ3) is 15.2. The highest BCUT2D eigenvalue weighted by Gasteiger charge is 2.16. The Hall–Kier alpha value is -0.860. The number of aliphatic hydroxyl groups is 1. The Morgan fingerprint density at radius 3 is 1.60 bits per heavy atom. The topological polar surface area (TPSA) is 32.3 Å². The Morgan fingerprint density at radius 2 is 1.40 bits per heavy atom. The van der Waals surface area contributed by atoms with E-state index in [1.54, 1.807) is 0 Å². The number of rotatable bonds is 1. The maximum Gasteiger partial charge on any atom is 0.0665 e. The van der Waals surface area contributed by atoms with Crippen LogP contribution in [0.25, 0.3) is 0 Å². The van der Waals surface area contributed by atoms with Crippen LogP contribution in [-0.4, -0.2) is 23.8 Å². The molecule has 0 spiro atoms. The molecule has 0 radical (unpaired) electrons. The van der Waals surface area contributed by atoms with Gasteiger partial charge in [0.25, 0.3) is 0 Å². The number of hydrogen-bond donors (Lipinski definition) is 2. The minimum atomic E-state index is -0.176. The van der Waals surface area contributed by atoms with E-state index in [1.807, 2.05) is 57.2 Å². The molecule has 1 saturated heterocycles. The van der Waals surface area contributed by atoms with E-state index in [0.717, 1.165) is 13.0 Å². The third-order valence-corrected chi connectivity index (χ3v) is 2.60. The van der Waals surface area contributed by atoms with Gasteiger partial charge in [-0.1, -0.05) is 76.9 Å². The Labute approximate surface area is 126 Å². The molecule has 1 heterocycles. The molecule has 2 atom stereocenters. The second kappa shape index (κ2) is 18.1. The van der Waals surface area contributed by atoms with Gasteiger partial charge in [0.2, 0.25) is 0 Å². The summed E-state index contributed by atoms with van der Waals surface area (Å²) in [4.78, 5) is 0. The van der Waals surface area contributed by atoms with Gasteiger partial charge in [0.05, 0.1) is 6.10 Å². The molecule has 0 aromatic heterocycles. The molecule has 2 N–H and O–H groups in total. The fraction of sp³-hybridized carbons (Fsp3) is 0.667. The van der Waals surface area contributed by atoms with Crippen LogP contribution < -0.4 is 5.32 Å². The summed E-state index contributed by atoms with van der Waals surface area (Å²) in [6.07, 6.45) is 4.74. The van der Waals surface area contributed by atoms with E-state index in [4.69, 9.17) is 5.11 Å². The maximum atomic E-state index is 9.11. The molecule has 2 nitrogen and oxygen atoms in total. The standard InChI is InChI=1S/C7H15NO.C6H6.C3H8.C2H6/c1-6(9)7-4-2-3-5-8-7;1-2-4-6-5-3-1;1-3-2;1-2/h6-9H,2-5H2,1H3;1-6H;3H2,1-2H3;1-2H3. The second-order valence-electron chi connectivity index (χ2n) is 4.66. The smallest absolute Gasteiger partial charge is 0.0665 e. The quantitative estimate of drug-likeness (QED) is 0.786. The van der Waals surface area contributed by atoms with E-state index in [1.165, 1.54) is 19.3 Å². The van der Waals surface area contributed by atoms with Gasteiger partial charge in [-0.15, -0.1) is 0 Å². The molecule has 0 amide bonds. The molecule has 1 aliphatic rings. The van der Waals surface area contributed by atoms with Gasteiger partial charge in [0.1, 0.15) is 0 Å². The fourth-order valence-electron chi connectivity index (χ4n) is 1.68. The highest BCUT2D eigenvalue weighted by atomic mass is 16.3. The van der Waals surface area contributed by atoms with Gasteiger partial charge in [0.15, 0.2) is 0 Å². The Morgan fingerprint density at radius 1 is 1.00 bits per heavy atom. The van der Waals surface area contributed by atoms with Crippen LogP contribution in [0, 0.1) is 0 Å². The van der Waals surface area contributed by atoms with E-state index in [9.17, 15) is 0 Å². The first-order valence-corrected chi connectivity index (χ1v) is 8.13. The van der Waals surface area contributed by atoms with Crippen molar-refractivity contribution in [1.82, 2.24) is 5.32 Å². The summed E-state index contributed by atoms with van der Waals surface area (Å²) >= 11 is 0. The van der Waals surface area contributed by atoms with Gasteiger partial charge < -0.3 is 10.4 Å². The molecular weight excluding hydrogens is 246 g/mol. The van der Waals surface area contributed by atoms with Crippen LogP contribution in [0.2, 0.25) is 0 Å². The van der Waals surface area contributed by atoms with Gasteiger partial charge in [-0.05, 0) is 26.3 Å². The lowest BCUT2D eigenvalue weighted by Crippen LogP contribution is -2.41. The van der Waals surface area contributed by atoms with Crippen LogP contribution in [-0.2, 0) is 0 Å². The van der Waals surface area contributed by atoms with Crippen molar-refractivity contribution >= 4 is 0 Å². The number of aliphatic hydroxyl groups excluding tert-OH is 1. The van der Waals surface area contributed by atoms with Gasteiger partial charge in [-0.3, -0.25) is 0 Å². The van der Waals surface area contributed by atoms with Crippen molar-refractivity contribution in [2.45, 2.75) is 72.4 Å². The first-order chi connectivity index (χ1) is 9.72. The molecule has 2 unspecified atom stereocenters. The molecule has 1 fully saturated rings. The Kier molecular flexibility index (Phi) is 19.4. The maximum absolute atomic E-state index is 9.11. The fourth-order valence-corrected chi connectivity index (χ4v) is 1.68. The summed E-state index contributed by atoms with van der Waals surface area (Å²) in [5.41, 5.74) is 0. The molecule has 20 heavy (non-hydrogen) atoms. The molecule has 0 saturated carbocycles. The van der Waals surface area contributed by atoms with Crippen LogP contribution in [0.3, 0.4) is 0 Å². The highest BCUT2D eigenvalue weighted by molar-refractivity contribution is 4.99. The van der Waals surface area contributed by atoms with Crippen molar-refractivity contribution in [3.8, 4) is 0 Å². The average Bonchev–Trinajstić information content (AvgIpc) is 2.53. The van der Waals surface area contributed by atoms with Crippen molar-refractivity contribution < 1.29 is 5.11 Å². The summed E-state index contributed by atoms with van der Waals surface area (Å²) in [7, 11) is 0. The number of benzene rings is 1. The van der Waals surface area contributed by atoms with Gasteiger partial charge in [-0.25, -0.2) is 0 Å². The van der Waals surface area contributed by atoms with Crippen molar-refractivity contribution in [1.29, 1.82) is 0 Å². The first-order valence-electron chi connectivity index (χ1n) is 8.13. The zero-order valence-electron chi connectivity index (χ0n) is 14.1. The van der Waals surface area contributed by atoms with Crippen LogP contribution in [0.1, 0.15) is 60.3 Å². The first kappa shape index (κ1) is 21.4. The lowest BCUT2D eigenvalue weighted by molar-refractivity contribution is 0.130. The van der Waals surface area contributed by atoms with E-state index in [0.29, 0.717) is 6.04 Å². The zero-order valence-corrected chi connectivity index (χ0v) is 14.1. The largest absolute Gasteiger partial charge is 0.392 e. The second-order valence-corrected chi connectivity index (χ2v) is 4.66. The number of hydrogen-bond acceptors (Lipinski definition) is 2. The van der Waals surface area contributed by atoms with Crippen molar-refractivity contribution in [2.24, 2.45) is 0 Å².